The summed E-state index contributed by atoms with van der Waals surface area (Å²) in [6.07, 6.45) is 5.93. The minimum absolute atomic E-state index is 0.0311. The number of hydrogen-bond acceptors (Lipinski definition) is 4. The first-order valence-corrected chi connectivity index (χ1v) is 7.46. The molecule has 1 atom stereocenters. The van der Waals surface area contributed by atoms with Gasteiger partial charge in [-0.1, -0.05) is 30.3 Å². The van der Waals surface area contributed by atoms with E-state index >= 15 is 0 Å². The van der Waals surface area contributed by atoms with Crippen molar-refractivity contribution in [1.82, 2.24) is 14.6 Å². The van der Waals surface area contributed by atoms with Gasteiger partial charge in [0.1, 0.15) is 5.52 Å². The molecule has 1 unspecified atom stereocenters. The van der Waals surface area contributed by atoms with Crippen LogP contribution in [0, 0.1) is 0 Å². The Labute approximate surface area is 130 Å². The summed E-state index contributed by atoms with van der Waals surface area (Å²) >= 11 is 3.47. The highest BCUT2D eigenvalue weighted by Crippen LogP contribution is 2.24. The molecule has 0 radical (unpaired) electrons. The predicted molar refractivity (Wildman–Crippen MR) is 85.3 cm³/mol. The molecule has 3 aromatic rings. The van der Waals surface area contributed by atoms with Crippen LogP contribution in [0.25, 0.3) is 5.52 Å². The van der Waals surface area contributed by atoms with E-state index in [4.69, 9.17) is 0 Å². The van der Waals surface area contributed by atoms with Crippen molar-refractivity contribution in [2.75, 3.05) is 11.9 Å². The third kappa shape index (κ3) is 3.06. The molecule has 2 N–H and O–H groups in total. The number of nitrogens with one attached hydrogen (secondary N) is 1. The molecule has 6 heteroatoms. The lowest BCUT2D eigenvalue weighted by atomic mass is 10.1. The number of hydrogen-bond donors (Lipinski definition) is 2. The standard InChI is InChI=1S/C15H15BrN4O/c16-13-9-18-20-7-6-17-15(14(13)20)19-12(10-21)8-11-4-2-1-3-5-11/h1-7,9,12,21H,8,10H2,(H,17,19). The summed E-state index contributed by atoms with van der Waals surface area (Å²) in [5.41, 5.74) is 2.03. The molecule has 0 bridgehead atoms. The summed E-state index contributed by atoms with van der Waals surface area (Å²) in [4.78, 5) is 4.36. The summed E-state index contributed by atoms with van der Waals surface area (Å²) < 4.78 is 2.62. The van der Waals surface area contributed by atoms with E-state index in [9.17, 15) is 5.11 Å². The zero-order chi connectivity index (χ0) is 14.7. The molecule has 5 nitrogen and oxygen atoms in total. The number of anilines is 1. The second kappa shape index (κ2) is 6.24. The molecule has 0 amide bonds. The average molecular weight is 347 g/mol. The van der Waals surface area contributed by atoms with Gasteiger partial charge in [0.05, 0.1) is 23.3 Å². The summed E-state index contributed by atoms with van der Waals surface area (Å²) in [6.45, 7) is 0.0311. The van der Waals surface area contributed by atoms with Crippen molar-refractivity contribution >= 4 is 27.3 Å². The van der Waals surface area contributed by atoms with E-state index in [1.165, 1.54) is 5.56 Å². The molecule has 0 aliphatic rings. The third-order valence-corrected chi connectivity index (χ3v) is 3.85. The van der Waals surface area contributed by atoms with Crippen LogP contribution in [0.15, 0.2) is 53.4 Å². The molecule has 0 fully saturated rings. The molecule has 3 rings (SSSR count). The monoisotopic (exact) mass is 346 g/mol. The molecule has 21 heavy (non-hydrogen) atoms. The lowest BCUT2D eigenvalue weighted by molar-refractivity contribution is 0.273. The Balaban J connectivity index is 1.84. The first kappa shape index (κ1) is 14.0. The van der Waals surface area contributed by atoms with Gasteiger partial charge in [-0.2, -0.15) is 5.10 Å². The van der Waals surface area contributed by atoms with E-state index in [0.29, 0.717) is 5.82 Å². The lowest BCUT2D eigenvalue weighted by Crippen LogP contribution is -2.27. The minimum atomic E-state index is -0.104. The van der Waals surface area contributed by atoms with Gasteiger partial charge in [-0.15, -0.1) is 0 Å². The van der Waals surface area contributed by atoms with Gasteiger partial charge in [0.15, 0.2) is 5.82 Å². The normalized spacial score (nSPS) is 12.5. The molecule has 1 aromatic carbocycles. The van der Waals surface area contributed by atoms with Gasteiger partial charge >= 0.3 is 0 Å². The van der Waals surface area contributed by atoms with Gasteiger partial charge in [-0.05, 0) is 27.9 Å². The van der Waals surface area contributed by atoms with Crippen LogP contribution < -0.4 is 5.32 Å². The number of aromatic nitrogens is 3. The van der Waals surface area contributed by atoms with Gasteiger partial charge < -0.3 is 10.4 Å². The highest BCUT2D eigenvalue weighted by Gasteiger charge is 2.13. The van der Waals surface area contributed by atoms with E-state index in [0.717, 1.165) is 16.4 Å². The lowest BCUT2D eigenvalue weighted by Gasteiger charge is -2.17. The first-order chi connectivity index (χ1) is 10.3. The van der Waals surface area contributed by atoms with Crippen molar-refractivity contribution in [1.29, 1.82) is 0 Å². The number of fused-ring (bicyclic) bond motifs is 1. The van der Waals surface area contributed by atoms with Crippen molar-refractivity contribution in [2.45, 2.75) is 12.5 Å². The zero-order valence-electron chi connectivity index (χ0n) is 11.3. The van der Waals surface area contributed by atoms with Crippen LogP contribution in [0.2, 0.25) is 0 Å². The zero-order valence-corrected chi connectivity index (χ0v) is 12.9. The van der Waals surface area contributed by atoms with Gasteiger partial charge in [0, 0.05) is 12.4 Å². The Morgan fingerprint density at radius 1 is 1.29 bits per heavy atom. The van der Waals surface area contributed by atoms with E-state index in [2.05, 4.69) is 31.3 Å². The van der Waals surface area contributed by atoms with E-state index in [1.807, 2.05) is 30.3 Å². The highest BCUT2D eigenvalue weighted by atomic mass is 79.9. The van der Waals surface area contributed by atoms with Crippen LogP contribution in [0.4, 0.5) is 5.82 Å². The van der Waals surface area contributed by atoms with Crippen LogP contribution in [0.1, 0.15) is 5.56 Å². The minimum Gasteiger partial charge on any atom is -0.394 e. The number of rotatable bonds is 5. The van der Waals surface area contributed by atoms with Crippen LogP contribution >= 0.6 is 15.9 Å². The second-order valence-corrected chi connectivity index (χ2v) is 5.63. The van der Waals surface area contributed by atoms with Crippen LogP contribution in [-0.4, -0.2) is 32.4 Å². The number of benzene rings is 1. The average Bonchev–Trinajstić information content (AvgIpc) is 2.90. The van der Waals surface area contributed by atoms with Crippen molar-refractivity contribution in [2.24, 2.45) is 0 Å². The van der Waals surface area contributed by atoms with Crippen LogP contribution in [0.5, 0.6) is 0 Å². The molecule has 0 saturated carbocycles. The molecule has 2 aromatic heterocycles. The van der Waals surface area contributed by atoms with Crippen molar-refractivity contribution in [3.63, 3.8) is 0 Å². The van der Waals surface area contributed by atoms with Gasteiger partial charge in [0.25, 0.3) is 0 Å². The smallest absolute Gasteiger partial charge is 0.153 e. The topological polar surface area (TPSA) is 62.5 Å². The molecule has 0 spiro atoms. The quantitative estimate of drug-likeness (QED) is 0.745. The third-order valence-electron chi connectivity index (χ3n) is 3.27. The number of halogens is 1. The van der Waals surface area contributed by atoms with E-state index in [-0.39, 0.29) is 12.6 Å². The molecule has 108 valence electrons. The number of nitrogens with zero attached hydrogens (tertiary/aromatic N) is 3. The van der Waals surface area contributed by atoms with Gasteiger partial charge in [0.2, 0.25) is 0 Å². The van der Waals surface area contributed by atoms with Gasteiger partial charge in [-0.25, -0.2) is 9.50 Å². The van der Waals surface area contributed by atoms with Crippen molar-refractivity contribution in [3.05, 3.63) is 59.0 Å². The fourth-order valence-electron chi connectivity index (χ4n) is 2.27. The highest BCUT2D eigenvalue weighted by molar-refractivity contribution is 9.10. The van der Waals surface area contributed by atoms with Crippen molar-refractivity contribution in [3.8, 4) is 0 Å². The number of aliphatic hydroxyl groups is 1. The maximum atomic E-state index is 9.62. The first-order valence-electron chi connectivity index (χ1n) is 6.67. The second-order valence-electron chi connectivity index (χ2n) is 4.78. The van der Waals surface area contributed by atoms with E-state index < -0.39 is 0 Å². The summed E-state index contributed by atoms with van der Waals surface area (Å²) in [5.74, 6) is 0.705. The Kier molecular flexibility index (Phi) is 4.17. The van der Waals surface area contributed by atoms with Crippen molar-refractivity contribution < 1.29 is 5.11 Å². The summed E-state index contributed by atoms with van der Waals surface area (Å²) in [7, 11) is 0. The molecule has 2 heterocycles. The molecular weight excluding hydrogens is 332 g/mol. The molecular formula is C15H15BrN4O. The Bertz CT molecular complexity index is 729. The van der Waals surface area contributed by atoms with Gasteiger partial charge in [-0.3, -0.25) is 0 Å². The fourth-order valence-corrected chi connectivity index (χ4v) is 2.73. The predicted octanol–water partition coefficient (Wildman–Crippen LogP) is 2.51. The summed E-state index contributed by atoms with van der Waals surface area (Å²) in [6, 6.07) is 9.97. The SMILES string of the molecule is OCC(Cc1ccccc1)Nc1nccn2ncc(Br)c12. The van der Waals surface area contributed by atoms with E-state index in [1.54, 1.807) is 23.1 Å². The maximum absolute atomic E-state index is 9.62. The fraction of sp³-hybridized carbons (Fsp3) is 0.200. The molecule has 0 aliphatic heterocycles. The molecule has 0 saturated heterocycles. The maximum Gasteiger partial charge on any atom is 0.153 e. The molecule has 0 aliphatic carbocycles. The van der Waals surface area contributed by atoms with Crippen LogP contribution in [0.3, 0.4) is 0 Å². The summed E-state index contributed by atoms with van der Waals surface area (Å²) in [5, 5.41) is 17.1. The van der Waals surface area contributed by atoms with Crippen LogP contribution in [-0.2, 0) is 6.42 Å². The largest absolute Gasteiger partial charge is 0.394 e. The number of aliphatic hydroxyl groups excluding tert-OH is 1. The Hall–Kier alpha value is -1.92. The Morgan fingerprint density at radius 2 is 2.10 bits per heavy atom. The Morgan fingerprint density at radius 3 is 2.86 bits per heavy atom.